The second-order valence-electron chi connectivity index (χ2n) is 9.07. The van der Waals surface area contributed by atoms with Gasteiger partial charge in [-0.3, -0.25) is 14.5 Å². The van der Waals surface area contributed by atoms with E-state index in [1.165, 1.54) is 23.8 Å². The first kappa shape index (κ1) is 27.3. The normalized spacial score (nSPS) is 17.4. The molecule has 3 aromatic carbocycles. The second kappa shape index (κ2) is 12.7. The van der Waals surface area contributed by atoms with Crippen LogP contribution in [0.1, 0.15) is 5.56 Å². The number of rotatable bonds is 8. The van der Waals surface area contributed by atoms with Crippen molar-refractivity contribution in [3.8, 4) is 11.5 Å². The Kier molecular flexibility index (Phi) is 8.68. The van der Waals surface area contributed by atoms with Crippen molar-refractivity contribution >= 4 is 51.9 Å². The molecule has 0 atom stereocenters. The highest BCUT2D eigenvalue weighted by molar-refractivity contribution is 8.18. The molecule has 5 rings (SSSR count). The van der Waals surface area contributed by atoms with Gasteiger partial charge in [-0.15, -0.1) is 0 Å². The minimum absolute atomic E-state index is 0.177. The SMILES string of the molecule is COc1cccc(C=C2SC(=Nc3ccc(N4CCOCC4)cc3)N(C)C2=O)c1OCC(=O)Nc1ccccc1. The molecule has 9 nitrogen and oxygen atoms in total. The van der Waals surface area contributed by atoms with Crippen LogP contribution in [-0.2, 0) is 14.3 Å². The molecule has 40 heavy (non-hydrogen) atoms. The van der Waals surface area contributed by atoms with Gasteiger partial charge in [0.15, 0.2) is 23.3 Å². The van der Waals surface area contributed by atoms with Crippen molar-refractivity contribution in [1.29, 1.82) is 0 Å². The Hall–Kier alpha value is -4.28. The van der Waals surface area contributed by atoms with E-state index in [2.05, 4.69) is 10.2 Å². The van der Waals surface area contributed by atoms with E-state index in [1.54, 1.807) is 37.4 Å². The third-order valence-electron chi connectivity index (χ3n) is 6.38. The van der Waals surface area contributed by atoms with Crippen molar-refractivity contribution < 1.29 is 23.8 Å². The number of hydrogen-bond acceptors (Lipinski definition) is 8. The van der Waals surface area contributed by atoms with E-state index < -0.39 is 0 Å². The fourth-order valence-corrected chi connectivity index (χ4v) is 5.26. The molecule has 2 saturated heterocycles. The van der Waals surface area contributed by atoms with E-state index in [0.717, 1.165) is 37.7 Å². The van der Waals surface area contributed by atoms with Gasteiger partial charge >= 0.3 is 0 Å². The van der Waals surface area contributed by atoms with Crippen molar-refractivity contribution in [2.45, 2.75) is 0 Å². The van der Waals surface area contributed by atoms with Crippen molar-refractivity contribution in [2.75, 3.05) is 57.3 Å². The number of nitrogens with one attached hydrogen (secondary N) is 1. The van der Waals surface area contributed by atoms with E-state index >= 15 is 0 Å². The second-order valence-corrected chi connectivity index (χ2v) is 10.1. The fraction of sp³-hybridized carbons (Fsp3) is 0.233. The first-order valence-corrected chi connectivity index (χ1v) is 13.7. The zero-order chi connectivity index (χ0) is 27.9. The first-order chi connectivity index (χ1) is 19.5. The molecule has 0 aromatic heterocycles. The monoisotopic (exact) mass is 558 g/mol. The molecule has 1 N–H and O–H groups in total. The predicted molar refractivity (Wildman–Crippen MR) is 158 cm³/mol. The highest BCUT2D eigenvalue weighted by atomic mass is 32.2. The number of likely N-dealkylation sites (N-methyl/N-ethyl adjacent to an activating group) is 1. The van der Waals surface area contributed by atoms with Gasteiger partial charge in [-0.05, 0) is 60.3 Å². The highest BCUT2D eigenvalue weighted by Gasteiger charge is 2.31. The summed E-state index contributed by atoms with van der Waals surface area (Å²) < 4.78 is 16.8. The van der Waals surface area contributed by atoms with Gasteiger partial charge in [0.25, 0.3) is 11.8 Å². The summed E-state index contributed by atoms with van der Waals surface area (Å²) in [5.41, 5.74) is 3.18. The number of hydrogen-bond donors (Lipinski definition) is 1. The molecular weight excluding hydrogens is 528 g/mol. The number of nitrogens with zero attached hydrogens (tertiary/aromatic N) is 3. The van der Waals surface area contributed by atoms with Gasteiger partial charge in [0, 0.05) is 37.1 Å². The zero-order valence-corrected chi connectivity index (χ0v) is 23.1. The molecule has 0 radical (unpaired) electrons. The number of aliphatic imine (C=N–C) groups is 1. The molecule has 2 heterocycles. The van der Waals surface area contributed by atoms with Gasteiger partial charge in [0.2, 0.25) is 0 Å². The molecule has 2 aliphatic rings. The van der Waals surface area contributed by atoms with Crippen LogP contribution in [0.15, 0.2) is 82.7 Å². The van der Waals surface area contributed by atoms with Gasteiger partial charge in [-0.2, -0.15) is 0 Å². The lowest BCUT2D eigenvalue weighted by atomic mass is 10.1. The number of ether oxygens (including phenoxy) is 3. The quantitative estimate of drug-likeness (QED) is 0.398. The number of amides is 2. The first-order valence-electron chi connectivity index (χ1n) is 12.9. The summed E-state index contributed by atoms with van der Waals surface area (Å²) >= 11 is 1.28. The molecular formula is C30H30N4O5S. The number of methoxy groups -OCH3 is 1. The molecule has 2 fully saturated rings. The summed E-state index contributed by atoms with van der Waals surface area (Å²) in [7, 11) is 3.23. The Bertz CT molecular complexity index is 1420. The lowest BCUT2D eigenvalue weighted by Crippen LogP contribution is -2.36. The van der Waals surface area contributed by atoms with Crippen LogP contribution in [0.4, 0.5) is 17.1 Å². The lowest BCUT2D eigenvalue weighted by molar-refractivity contribution is -0.121. The average Bonchev–Trinajstić information content (AvgIpc) is 3.25. The minimum atomic E-state index is -0.309. The van der Waals surface area contributed by atoms with Crippen molar-refractivity contribution in [3.63, 3.8) is 0 Å². The lowest BCUT2D eigenvalue weighted by Gasteiger charge is -2.28. The smallest absolute Gasteiger partial charge is 0.266 e. The Morgan fingerprint density at radius 1 is 1.05 bits per heavy atom. The molecule has 0 aliphatic carbocycles. The maximum absolute atomic E-state index is 13.1. The number of amidine groups is 1. The Labute approximate surface area is 237 Å². The van der Waals surface area contributed by atoms with Gasteiger partial charge < -0.3 is 24.4 Å². The molecule has 0 unspecified atom stereocenters. The van der Waals surface area contributed by atoms with Gasteiger partial charge in [0.1, 0.15) is 0 Å². The summed E-state index contributed by atoms with van der Waals surface area (Å²) in [6, 6.07) is 22.5. The number of anilines is 2. The molecule has 2 amide bonds. The summed E-state index contributed by atoms with van der Waals surface area (Å²) in [6.07, 6.45) is 1.74. The maximum atomic E-state index is 13.1. The molecule has 206 valence electrons. The van der Waals surface area contributed by atoms with Crippen molar-refractivity contribution in [3.05, 3.63) is 83.3 Å². The third-order valence-corrected chi connectivity index (χ3v) is 7.44. The van der Waals surface area contributed by atoms with Gasteiger partial charge in [-0.1, -0.05) is 30.3 Å². The maximum Gasteiger partial charge on any atom is 0.266 e. The van der Waals surface area contributed by atoms with Crippen molar-refractivity contribution in [1.82, 2.24) is 4.90 Å². The number of para-hydroxylation sites is 2. The number of carbonyl (C=O) groups excluding carboxylic acids is 2. The van der Waals surface area contributed by atoms with E-state index in [4.69, 9.17) is 19.2 Å². The zero-order valence-electron chi connectivity index (χ0n) is 22.3. The summed E-state index contributed by atoms with van der Waals surface area (Å²) in [4.78, 5) is 34.6. The largest absolute Gasteiger partial charge is 0.493 e. The Morgan fingerprint density at radius 2 is 1.80 bits per heavy atom. The summed E-state index contributed by atoms with van der Waals surface area (Å²) in [5, 5.41) is 3.37. The molecule has 0 saturated carbocycles. The van der Waals surface area contributed by atoms with Crippen LogP contribution in [-0.4, -0.2) is 68.9 Å². The fourth-order valence-electron chi connectivity index (χ4n) is 4.28. The molecule has 3 aromatic rings. The average molecular weight is 559 g/mol. The Balaban J connectivity index is 1.31. The molecule has 0 spiro atoms. The number of benzene rings is 3. The van der Waals surface area contributed by atoms with Crippen LogP contribution < -0.4 is 19.7 Å². The number of carbonyl (C=O) groups is 2. The standard InChI is InChI=1S/C30H30N4O5S/c1-33-29(36)26(40-30(33)32-23-11-13-24(14-12-23)34-15-17-38-18-16-34)19-21-7-6-10-25(37-2)28(21)39-20-27(35)31-22-8-4-3-5-9-22/h3-14,19H,15-18,20H2,1-2H3,(H,31,35). The topological polar surface area (TPSA) is 92.7 Å². The van der Waals surface area contributed by atoms with Crippen LogP contribution in [0.3, 0.4) is 0 Å². The number of thioether (sulfide) groups is 1. The van der Waals surface area contributed by atoms with Gasteiger partial charge in [-0.25, -0.2) is 4.99 Å². The summed E-state index contributed by atoms with van der Waals surface area (Å²) in [5.74, 6) is 0.348. The predicted octanol–water partition coefficient (Wildman–Crippen LogP) is 4.78. The van der Waals surface area contributed by atoms with Crippen LogP contribution in [0.5, 0.6) is 11.5 Å². The molecule has 0 bridgehead atoms. The highest BCUT2D eigenvalue weighted by Crippen LogP contribution is 2.38. The van der Waals surface area contributed by atoms with Crippen LogP contribution in [0.2, 0.25) is 0 Å². The van der Waals surface area contributed by atoms with Crippen LogP contribution in [0, 0.1) is 0 Å². The van der Waals surface area contributed by atoms with E-state index in [0.29, 0.717) is 32.8 Å². The van der Waals surface area contributed by atoms with Crippen LogP contribution in [0.25, 0.3) is 6.08 Å². The van der Waals surface area contributed by atoms with Crippen LogP contribution >= 0.6 is 11.8 Å². The van der Waals surface area contributed by atoms with Gasteiger partial charge in [0.05, 0.1) is 30.9 Å². The summed E-state index contributed by atoms with van der Waals surface area (Å²) in [6.45, 7) is 2.96. The van der Waals surface area contributed by atoms with Crippen molar-refractivity contribution in [2.24, 2.45) is 4.99 Å². The minimum Gasteiger partial charge on any atom is -0.493 e. The van der Waals surface area contributed by atoms with E-state index in [1.807, 2.05) is 48.5 Å². The Morgan fingerprint density at radius 3 is 2.52 bits per heavy atom. The van der Waals surface area contributed by atoms with E-state index in [-0.39, 0.29) is 18.4 Å². The number of morpholine rings is 1. The molecule has 10 heteroatoms. The molecule has 2 aliphatic heterocycles. The van der Waals surface area contributed by atoms with E-state index in [9.17, 15) is 9.59 Å². The third kappa shape index (κ3) is 6.47.